The predicted molar refractivity (Wildman–Crippen MR) is 108 cm³/mol. The van der Waals surface area contributed by atoms with Crippen LogP contribution in [0.2, 0.25) is 0 Å². The number of ether oxygens (including phenoxy) is 3. The summed E-state index contributed by atoms with van der Waals surface area (Å²) >= 11 is 0. The van der Waals surface area contributed by atoms with E-state index in [1.54, 1.807) is 13.8 Å². The molecule has 2 saturated heterocycles. The molecular formula is C19H32N4O10. The van der Waals surface area contributed by atoms with Gasteiger partial charge >= 0.3 is 0 Å². The average Bonchev–Trinajstić information content (AvgIpc) is 2.74. The number of nitrogens with one attached hydrogen (secondary N) is 3. The molecule has 14 nitrogen and oxygen atoms in total. The molecule has 0 saturated carbocycles. The quantitative estimate of drug-likeness (QED) is 0.145. The zero-order valence-corrected chi connectivity index (χ0v) is 18.8. The highest BCUT2D eigenvalue weighted by Crippen LogP contribution is 2.33. The molecule has 0 aromatic heterocycles. The number of aliphatic hydroxyl groups excluding tert-OH is 2. The van der Waals surface area contributed by atoms with Gasteiger partial charge in [0.1, 0.15) is 24.4 Å². The van der Waals surface area contributed by atoms with Crippen molar-refractivity contribution in [2.24, 2.45) is 11.7 Å². The van der Waals surface area contributed by atoms with Gasteiger partial charge in [-0.2, -0.15) is 0 Å². The Morgan fingerprint density at radius 1 is 1.03 bits per heavy atom. The molecule has 2 aliphatic heterocycles. The van der Waals surface area contributed by atoms with Gasteiger partial charge in [-0.05, 0) is 6.42 Å². The lowest BCUT2D eigenvalue weighted by Gasteiger charge is -2.48. The van der Waals surface area contributed by atoms with Crippen molar-refractivity contribution in [3.05, 3.63) is 0 Å². The number of nitrogens with two attached hydrogens (primary N) is 1. The minimum absolute atomic E-state index is 0.231. The highest BCUT2D eigenvalue weighted by molar-refractivity contribution is 5.81. The molecule has 0 aromatic carbocycles. The maximum Gasteiger partial charge on any atom is 0.248 e. The van der Waals surface area contributed by atoms with Gasteiger partial charge in [-0.3, -0.25) is 19.2 Å². The molecule has 2 fully saturated rings. The van der Waals surface area contributed by atoms with Crippen molar-refractivity contribution < 1.29 is 48.4 Å². The van der Waals surface area contributed by atoms with Crippen molar-refractivity contribution in [1.29, 1.82) is 0 Å². The van der Waals surface area contributed by atoms with E-state index in [2.05, 4.69) is 10.6 Å². The normalized spacial score (nSPS) is 38.7. The average molecular weight is 476 g/mol. The molecule has 0 bridgehead atoms. The molecule has 2 rings (SSSR count). The third kappa shape index (κ3) is 6.37. The largest absolute Gasteiger partial charge is 0.388 e. The van der Waals surface area contributed by atoms with Crippen molar-refractivity contribution >= 4 is 24.1 Å². The lowest BCUT2D eigenvalue weighted by molar-refractivity contribution is -0.337. The summed E-state index contributed by atoms with van der Waals surface area (Å²) < 4.78 is 17.4. The molecule has 2 aliphatic rings. The Kier molecular flexibility index (Phi) is 9.51. The van der Waals surface area contributed by atoms with Crippen LogP contribution in [0.25, 0.3) is 0 Å². The molecule has 0 radical (unpaired) electrons. The molecule has 0 spiro atoms. The molecule has 0 aromatic rings. The van der Waals surface area contributed by atoms with E-state index in [0.29, 0.717) is 6.42 Å². The van der Waals surface area contributed by atoms with Gasteiger partial charge in [0.25, 0.3) is 0 Å². The zero-order chi connectivity index (χ0) is 24.9. The summed E-state index contributed by atoms with van der Waals surface area (Å²) in [5, 5.41) is 26.0. The first kappa shape index (κ1) is 26.9. The fourth-order valence-corrected chi connectivity index (χ4v) is 4.03. The number of primary amides is 1. The van der Waals surface area contributed by atoms with Crippen molar-refractivity contribution in [3.8, 4) is 0 Å². The maximum absolute atomic E-state index is 12.0. The summed E-state index contributed by atoms with van der Waals surface area (Å²) in [5.74, 6) is -2.54. The molecule has 2 heterocycles. The Morgan fingerprint density at radius 3 is 2.15 bits per heavy atom. The van der Waals surface area contributed by atoms with Crippen molar-refractivity contribution in [2.75, 3.05) is 0 Å². The van der Waals surface area contributed by atoms with Gasteiger partial charge in [0.15, 0.2) is 12.4 Å². The number of rotatable bonds is 9. The number of carbonyl (C=O) groups is 4. The topological polar surface area (TPSA) is 208 Å². The second-order valence-electron chi connectivity index (χ2n) is 8.03. The highest BCUT2D eigenvalue weighted by Gasteiger charge is 2.52. The Balaban J connectivity index is 2.38. The fraction of sp³-hybridized carbons (Fsp3) is 0.789. The van der Waals surface area contributed by atoms with Crippen molar-refractivity contribution in [1.82, 2.24) is 16.1 Å². The Labute approximate surface area is 190 Å². The molecule has 0 aliphatic carbocycles. The van der Waals surface area contributed by atoms with E-state index in [0.717, 1.165) is 0 Å². The Hall–Kier alpha value is -2.36. The van der Waals surface area contributed by atoms with E-state index in [9.17, 15) is 29.4 Å². The first-order valence-corrected chi connectivity index (χ1v) is 10.5. The predicted octanol–water partition coefficient (Wildman–Crippen LogP) is -3.24. The fourth-order valence-electron chi connectivity index (χ4n) is 4.03. The van der Waals surface area contributed by atoms with E-state index in [1.807, 2.05) is 5.48 Å². The molecule has 10 unspecified atom stereocenters. The van der Waals surface area contributed by atoms with Gasteiger partial charge in [-0.15, -0.1) is 0 Å². The van der Waals surface area contributed by atoms with Crippen molar-refractivity contribution in [2.45, 2.75) is 89.3 Å². The van der Waals surface area contributed by atoms with E-state index in [1.165, 1.54) is 13.8 Å². The summed E-state index contributed by atoms with van der Waals surface area (Å²) in [7, 11) is 0. The molecule has 14 heteroatoms. The third-order valence-electron chi connectivity index (χ3n) is 5.61. The van der Waals surface area contributed by atoms with Crippen LogP contribution in [0.15, 0.2) is 0 Å². The number of hydroxylamine groups is 1. The third-order valence-corrected chi connectivity index (χ3v) is 5.61. The van der Waals surface area contributed by atoms with Gasteiger partial charge < -0.3 is 40.8 Å². The van der Waals surface area contributed by atoms with Gasteiger partial charge in [-0.1, -0.05) is 13.8 Å². The van der Waals surface area contributed by atoms with E-state index in [-0.39, 0.29) is 6.41 Å². The number of hydrogen-bond donors (Lipinski definition) is 6. The molecule has 10 atom stereocenters. The summed E-state index contributed by atoms with van der Waals surface area (Å²) in [6.45, 7) is 5.82. The lowest BCUT2D eigenvalue weighted by Crippen LogP contribution is -2.68. The van der Waals surface area contributed by atoms with E-state index in [4.69, 9.17) is 24.8 Å². The minimum Gasteiger partial charge on any atom is -0.388 e. The molecular weight excluding hydrogens is 444 g/mol. The summed E-state index contributed by atoms with van der Waals surface area (Å²) in [6, 6.07) is -2.10. The van der Waals surface area contributed by atoms with Gasteiger partial charge in [0.05, 0.1) is 12.1 Å². The van der Waals surface area contributed by atoms with Crippen LogP contribution < -0.4 is 21.8 Å². The van der Waals surface area contributed by atoms with Crippen LogP contribution in [0.1, 0.15) is 34.1 Å². The van der Waals surface area contributed by atoms with E-state index < -0.39 is 78.8 Å². The lowest BCUT2D eigenvalue weighted by atomic mass is 9.87. The molecule has 7 N–H and O–H groups in total. The van der Waals surface area contributed by atoms with Crippen LogP contribution in [0.5, 0.6) is 0 Å². The van der Waals surface area contributed by atoms with Gasteiger partial charge in [-0.25, -0.2) is 10.3 Å². The summed E-state index contributed by atoms with van der Waals surface area (Å²) in [6.07, 6.45) is -8.02. The Morgan fingerprint density at radius 2 is 1.64 bits per heavy atom. The SMILES string of the molecule is CCC1OC(OC2C(ONC=O)OC(C(N)=O)C(NC(C)=O)C2C)C(NC(C)=O)C(O)C1O. The highest BCUT2D eigenvalue weighted by atomic mass is 16.8. The number of aliphatic hydroxyl groups is 2. The van der Waals surface area contributed by atoms with Crippen LogP contribution in [-0.4, -0.2) is 89.5 Å². The first-order valence-electron chi connectivity index (χ1n) is 10.5. The summed E-state index contributed by atoms with van der Waals surface area (Å²) in [4.78, 5) is 51.3. The van der Waals surface area contributed by atoms with Crippen molar-refractivity contribution in [3.63, 3.8) is 0 Å². The molecule has 4 amide bonds. The number of carbonyl (C=O) groups excluding carboxylic acids is 4. The van der Waals surface area contributed by atoms with Crippen LogP contribution in [0, 0.1) is 5.92 Å². The molecule has 33 heavy (non-hydrogen) atoms. The van der Waals surface area contributed by atoms with Crippen LogP contribution >= 0.6 is 0 Å². The summed E-state index contributed by atoms with van der Waals surface area (Å²) in [5.41, 5.74) is 7.40. The second kappa shape index (κ2) is 11.7. The van der Waals surface area contributed by atoms with Gasteiger partial charge in [0.2, 0.25) is 30.4 Å². The first-order chi connectivity index (χ1) is 15.5. The second-order valence-corrected chi connectivity index (χ2v) is 8.03. The maximum atomic E-state index is 12.0. The smallest absolute Gasteiger partial charge is 0.248 e. The Bertz CT molecular complexity index is 725. The van der Waals surface area contributed by atoms with Crippen LogP contribution in [-0.2, 0) is 38.2 Å². The van der Waals surface area contributed by atoms with Gasteiger partial charge in [0, 0.05) is 19.8 Å². The standard InChI is InChI=1S/C19H32N4O10/c1-5-10-13(27)14(28)12(23-9(4)26)18(30-10)31-15-7(2)11(22-8(3)25)16(17(20)29)32-19(15)33-21-6-24/h6-7,10-16,18-19,27-28H,5H2,1-4H3,(H2,20,29)(H,21,24)(H,22,25)(H,23,26). The minimum atomic E-state index is -1.42. The number of amides is 4. The van der Waals surface area contributed by atoms with Crippen LogP contribution in [0.3, 0.4) is 0 Å². The molecule has 188 valence electrons. The van der Waals surface area contributed by atoms with Crippen LogP contribution in [0.4, 0.5) is 0 Å². The monoisotopic (exact) mass is 476 g/mol. The number of hydrogen-bond acceptors (Lipinski definition) is 10. The zero-order valence-electron chi connectivity index (χ0n) is 18.8. The van der Waals surface area contributed by atoms with E-state index >= 15 is 0 Å².